The maximum atomic E-state index is 2.44. The van der Waals surface area contributed by atoms with Gasteiger partial charge in [0.2, 0.25) is 0 Å². The molecule has 524 valence electrons. The normalized spacial score (nSPS) is 34.7. The van der Waals surface area contributed by atoms with Gasteiger partial charge in [-0.1, -0.05) is 338 Å². The molecule has 0 heterocycles. The molecule has 13 rings (SSSR count). The first kappa shape index (κ1) is 82.2. The van der Waals surface area contributed by atoms with Gasteiger partial charge < -0.3 is 0 Å². The van der Waals surface area contributed by atoms with E-state index in [9.17, 15) is 0 Å². The van der Waals surface area contributed by atoms with Crippen molar-refractivity contribution >= 4 is 0 Å². The molecule has 13 aliphatic carbocycles. The largest absolute Gasteiger partial charge is 0.0654 e. The summed E-state index contributed by atoms with van der Waals surface area (Å²) in [6.07, 6.45) is 69.7. The molecule has 13 fully saturated rings. The molecule has 0 spiro atoms. The Balaban J connectivity index is 0.000000253. The maximum absolute atomic E-state index is 2.44. The Morgan fingerprint density at radius 3 is 1.01 bits per heavy atom. The molecule has 0 radical (unpaired) electrons. The first-order chi connectivity index (χ1) is 41.5. The number of fused-ring (bicyclic) bond motifs is 4. The van der Waals surface area contributed by atoms with Gasteiger partial charge in [0.05, 0.1) is 0 Å². The molecular formula is C88H172. The lowest BCUT2D eigenvalue weighted by Crippen LogP contribution is -2.14. The zero-order chi connectivity index (χ0) is 65.4. The second-order valence-electron chi connectivity index (χ2n) is 38.4. The lowest BCUT2D eigenvalue weighted by atomic mass is 9.78. The second-order valence-corrected chi connectivity index (χ2v) is 38.4. The Morgan fingerprint density at radius 1 is 0.341 bits per heavy atom. The van der Waals surface area contributed by atoms with Gasteiger partial charge in [0, 0.05) is 0 Å². The molecule has 88 heavy (non-hydrogen) atoms. The zero-order valence-corrected chi connectivity index (χ0v) is 65.4. The van der Waals surface area contributed by atoms with Crippen LogP contribution in [0, 0.1) is 116 Å². The van der Waals surface area contributed by atoms with Crippen molar-refractivity contribution in [1.29, 1.82) is 0 Å². The van der Waals surface area contributed by atoms with Crippen LogP contribution in [0.2, 0.25) is 0 Å². The van der Waals surface area contributed by atoms with Crippen LogP contribution in [0.1, 0.15) is 447 Å². The molecule has 0 nitrogen and oxygen atoms in total. The van der Waals surface area contributed by atoms with Crippen molar-refractivity contribution in [3.63, 3.8) is 0 Å². The molecule has 13 aliphatic rings. The van der Waals surface area contributed by atoms with Crippen molar-refractivity contribution in [3.8, 4) is 0 Å². The van der Waals surface area contributed by atoms with E-state index in [0.29, 0.717) is 16.2 Å². The van der Waals surface area contributed by atoms with Gasteiger partial charge in [-0.3, -0.25) is 0 Å². The standard InChI is InChI=1S/2C8H14.9C8H16/c1-6-4-7-2-3-8(6)5-7;1-6-7-2-3-8(6)5-4-7;1-7-4-5-8(2,3)6-7;1-7-5-4-6-8(7,2)3;1-7-3-5-8(2)6-4-7;1-7-4-3-5-8(2)6-7;1-8(2)6-4-3-5-7-8;1-7(2)8-5-3-4-6-8;2*1-3-8(2)6-4-5-7-8;1-2-5-8-6-3-4-7-8/h2*6-8H,2-5H2,1H3;2*7H,4-6H2,1-3H3;2*7-8H,3-6H2,1-2H3;3-7H2,1-2H3;7-8H,3-6H2,1-2H3;2*3-7H2,1-2H3;8H,2-7H2,1H3/t6-,7?,8?;;2*7-;;7-,8?;;;;;/m0.00.1...../s1. The third kappa shape index (κ3) is 34.6. The fraction of sp³-hybridized carbons (Fsp3) is 1.00. The van der Waals surface area contributed by atoms with Gasteiger partial charge in [-0.05, 0) is 225 Å². The first-order valence-corrected chi connectivity index (χ1v) is 41.5. The number of hydrogen-bond acceptors (Lipinski definition) is 0. The summed E-state index contributed by atoms with van der Waals surface area (Å²) in [4.78, 5) is 0. The van der Waals surface area contributed by atoms with Gasteiger partial charge in [0.25, 0.3) is 0 Å². The minimum absolute atomic E-state index is 0.653. The van der Waals surface area contributed by atoms with Gasteiger partial charge in [-0.25, -0.2) is 0 Å². The van der Waals surface area contributed by atoms with Crippen LogP contribution in [-0.2, 0) is 0 Å². The van der Waals surface area contributed by atoms with Crippen LogP contribution in [0.5, 0.6) is 0 Å². The average Bonchev–Trinajstić information content (AvgIpc) is 4.40. The highest BCUT2D eigenvalue weighted by Gasteiger charge is 2.39. The maximum Gasteiger partial charge on any atom is -0.0328 e. The van der Waals surface area contributed by atoms with E-state index >= 15 is 0 Å². The Kier molecular flexibility index (Phi) is 40.4. The molecular weight excluding hydrogens is 1060 g/mol. The van der Waals surface area contributed by atoms with Crippen LogP contribution < -0.4 is 0 Å². The Morgan fingerprint density at radius 2 is 0.795 bits per heavy atom. The molecule has 4 bridgehead atoms. The van der Waals surface area contributed by atoms with E-state index in [0.717, 1.165) is 99.6 Å². The average molecular weight is 1230 g/mol. The third-order valence-corrected chi connectivity index (χ3v) is 28.0. The van der Waals surface area contributed by atoms with E-state index in [1.54, 1.807) is 51.4 Å². The summed E-state index contributed by atoms with van der Waals surface area (Å²) < 4.78 is 0. The highest BCUT2D eigenvalue weighted by atomic mass is 14.4. The van der Waals surface area contributed by atoms with E-state index in [-0.39, 0.29) is 0 Å². The molecule has 7 atom stereocenters. The molecule has 0 aromatic heterocycles. The minimum atomic E-state index is 0.653. The second kappa shape index (κ2) is 43.2. The summed E-state index contributed by atoms with van der Waals surface area (Å²) in [5, 5.41) is 0. The van der Waals surface area contributed by atoms with Crippen molar-refractivity contribution in [1.82, 2.24) is 0 Å². The minimum Gasteiger partial charge on any atom is -0.0654 e. The predicted octanol–water partition coefficient (Wildman–Crippen LogP) is 31.0. The van der Waals surface area contributed by atoms with Gasteiger partial charge in [-0.15, -0.1) is 0 Å². The monoisotopic (exact) mass is 1230 g/mol. The summed E-state index contributed by atoms with van der Waals surface area (Å²) in [5.41, 5.74) is 3.47. The van der Waals surface area contributed by atoms with Crippen molar-refractivity contribution in [2.24, 2.45) is 116 Å². The van der Waals surface area contributed by atoms with Crippen LogP contribution in [-0.4, -0.2) is 0 Å². The molecule has 0 aromatic carbocycles. The summed E-state index contributed by atoms with van der Waals surface area (Å²) in [7, 11) is 0. The van der Waals surface area contributed by atoms with Gasteiger partial charge in [-0.2, -0.15) is 0 Å². The molecule has 0 N–H and O–H groups in total. The van der Waals surface area contributed by atoms with Gasteiger partial charge in [0.1, 0.15) is 0 Å². The SMILES string of the molecule is CC(C)C1CCCC1.CC1(C)CCCCC1.CC1C2CCC1CC2.CC1CCC(C)CC1.CC1CCC[C@@H](C)C1.CCC1(C)CCCC1.CCC1(C)CCCC1.CCCC1CCCC1.C[C@H]1CC2CCC1C2.C[C@H]1CCC(C)(C)C1.C[C@H]1CCCC1(C)C. The molecule has 13 saturated carbocycles. The summed E-state index contributed by atoms with van der Waals surface area (Å²) >= 11 is 0. The fourth-order valence-electron chi connectivity index (χ4n) is 19.6. The summed E-state index contributed by atoms with van der Waals surface area (Å²) in [6.45, 7) is 49.8. The highest BCUT2D eigenvalue weighted by Crippen LogP contribution is 2.50. The lowest BCUT2D eigenvalue weighted by Gasteiger charge is -2.28. The fourth-order valence-corrected chi connectivity index (χ4v) is 19.6. The van der Waals surface area contributed by atoms with Crippen LogP contribution in [0.15, 0.2) is 0 Å². The Bertz CT molecular complexity index is 1560. The van der Waals surface area contributed by atoms with E-state index < -0.39 is 0 Å². The van der Waals surface area contributed by atoms with E-state index in [4.69, 9.17) is 0 Å². The van der Waals surface area contributed by atoms with Crippen molar-refractivity contribution in [2.75, 3.05) is 0 Å². The Hall–Kier alpha value is 0. The summed E-state index contributed by atoms with van der Waals surface area (Å²) in [6, 6.07) is 0. The van der Waals surface area contributed by atoms with Crippen LogP contribution >= 0.6 is 0 Å². The molecule has 3 unspecified atom stereocenters. The lowest BCUT2D eigenvalue weighted by molar-refractivity contribution is 0.244. The third-order valence-electron chi connectivity index (χ3n) is 28.0. The number of hydrogen-bond donors (Lipinski definition) is 0. The van der Waals surface area contributed by atoms with Gasteiger partial charge in [0.15, 0.2) is 0 Å². The topological polar surface area (TPSA) is 0 Å². The molecule has 0 heteroatoms. The van der Waals surface area contributed by atoms with E-state index in [2.05, 4.69) is 145 Å². The molecule has 0 saturated heterocycles. The quantitative estimate of drug-likeness (QED) is 0.257. The van der Waals surface area contributed by atoms with Crippen molar-refractivity contribution in [3.05, 3.63) is 0 Å². The van der Waals surface area contributed by atoms with Crippen LogP contribution in [0.3, 0.4) is 0 Å². The first-order valence-electron chi connectivity index (χ1n) is 41.5. The highest BCUT2D eigenvalue weighted by molar-refractivity contribution is 4.90. The van der Waals surface area contributed by atoms with Crippen molar-refractivity contribution in [2.45, 2.75) is 447 Å². The summed E-state index contributed by atoms with van der Waals surface area (Å²) in [5.74, 6) is 15.9. The smallest absolute Gasteiger partial charge is 0.0328 e. The number of rotatable bonds is 5. The van der Waals surface area contributed by atoms with Gasteiger partial charge >= 0.3 is 0 Å². The molecule has 0 aliphatic heterocycles. The van der Waals surface area contributed by atoms with Crippen molar-refractivity contribution < 1.29 is 0 Å². The van der Waals surface area contributed by atoms with E-state index in [1.165, 1.54) is 250 Å². The predicted molar refractivity (Wildman–Crippen MR) is 401 cm³/mol. The zero-order valence-electron chi connectivity index (χ0n) is 65.4. The van der Waals surface area contributed by atoms with Crippen LogP contribution in [0.25, 0.3) is 0 Å². The Labute approximate surface area is 559 Å². The van der Waals surface area contributed by atoms with Crippen LogP contribution in [0.4, 0.5) is 0 Å². The van der Waals surface area contributed by atoms with E-state index in [1.807, 2.05) is 0 Å². The molecule has 0 amide bonds. The molecule has 0 aromatic rings.